The fourth-order valence-corrected chi connectivity index (χ4v) is 4.20. The first-order chi connectivity index (χ1) is 13.4. The average Bonchev–Trinajstić information content (AvgIpc) is 2.89. The van der Waals surface area contributed by atoms with Crippen molar-refractivity contribution in [2.45, 2.75) is 25.4 Å². The Balaban J connectivity index is 1.72. The van der Waals surface area contributed by atoms with E-state index in [1.165, 1.54) is 0 Å². The van der Waals surface area contributed by atoms with Gasteiger partial charge >= 0.3 is 0 Å². The molecule has 28 heavy (non-hydrogen) atoms. The number of nitrogens with zero attached hydrogens (tertiary/aromatic N) is 1. The molecule has 0 aliphatic carbocycles. The number of rotatable bonds is 5. The van der Waals surface area contributed by atoms with E-state index in [2.05, 4.69) is 15.9 Å². The molecule has 0 spiro atoms. The molecule has 0 radical (unpaired) electrons. The molecule has 1 amide bonds. The lowest BCUT2D eigenvalue weighted by Gasteiger charge is -2.22. The van der Waals surface area contributed by atoms with Gasteiger partial charge in [-0.05, 0) is 41.5 Å². The van der Waals surface area contributed by atoms with E-state index in [1.807, 2.05) is 55.5 Å². The monoisotopic (exact) mass is 437 g/mol. The molecule has 3 aromatic rings. The topological polar surface area (TPSA) is 57.6 Å². The minimum Gasteiger partial charge on any atom is -0.375 e. The summed E-state index contributed by atoms with van der Waals surface area (Å²) in [5.41, 5.74) is -0.208. The molecule has 142 valence electrons. The number of ketones is 1. The maximum Gasteiger partial charge on any atom is 0.264 e. The van der Waals surface area contributed by atoms with Gasteiger partial charge in [0, 0.05) is 22.1 Å². The second-order valence-electron chi connectivity index (χ2n) is 7.14. The Bertz CT molecular complexity index is 1090. The van der Waals surface area contributed by atoms with Gasteiger partial charge in [0.25, 0.3) is 5.91 Å². The van der Waals surface area contributed by atoms with Gasteiger partial charge in [-0.2, -0.15) is 0 Å². The minimum absolute atomic E-state index is 0.258. The molecule has 1 aliphatic heterocycles. The van der Waals surface area contributed by atoms with Crippen molar-refractivity contribution in [3.8, 4) is 0 Å². The SMILES string of the molecule is CCCN1C(=O)[C@](O)(CC(=O)c2ccc3ccccc3c2)c2cc(Br)ccc21. The van der Waals surface area contributed by atoms with Crippen molar-refractivity contribution in [1.29, 1.82) is 0 Å². The Morgan fingerprint density at radius 3 is 2.57 bits per heavy atom. The summed E-state index contributed by atoms with van der Waals surface area (Å²) < 4.78 is 0.758. The summed E-state index contributed by atoms with van der Waals surface area (Å²) in [4.78, 5) is 27.7. The van der Waals surface area contributed by atoms with Crippen LogP contribution >= 0.6 is 15.9 Å². The fourth-order valence-electron chi connectivity index (χ4n) is 3.84. The van der Waals surface area contributed by atoms with E-state index in [4.69, 9.17) is 0 Å². The van der Waals surface area contributed by atoms with Crippen LogP contribution in [0, 0.1) is 0 Å². The van der Waals surface area contributed by atoms with Crippen molar-refractivity contribution in [1.82, 2.24) is 0 Å². The van der Waals surface area contributed by atoms with Gasteiger partial charge < -0.3 is 10.0 Å². The van der Waals surface area contributed by atoms with Crippen LogP contribution in [-0.2, 0) is 10.4 Å². The third-order valence-corrected chi connectivity index (χ3v) is 5.72. The Morgan fingerprint density at radius 1 is 1.07 bits per heavy atom. The third-order valence-electron chi connectivity index (χ3n) is 5.23. The van der Waals surface area contributed by atoms with Gasteiger partial charge in [-0.3, -0.25) is 9.59 Å². The zero-order chi connectivity index (χ0) is 19.9. The highest BCUT2D eigenvalue weighted by Crippen LogP contribution is 2.44. The maximum atomic E-state index is 13.1. The van der Waals surface area contributed by atoms with E-state index in [0.717, 1.165) is 21.7 Å². The number of hydrogen-bond acceptors (Lipinski definition) is 3. The zero-order valence-electron chi connectivity index (χ0n) is 15.5. The van der Waals surface area contributed by atoms with Gasteiger partial charge in [-0.25, -0.2) is 0 Å². The summed E-state index contributed by atoms with van der Waals surface area (Å²) in [5.74, 6) is -0.692. The quantitative estimate of drug-likeness (QED) is 0.582. The second-order valence-corrected chi connectivity index (χ2v) is 8.06. The number of Topliss-reactive ketones (excluding diaryl/α,β-unsaturated/α-hetero) is 1. The summed E-state index contributed by atoms with van der Waals surface area (Å²) in [5, 5.41) is 13.3. The first-order valence-corrected chi connectivity index (χ1v) is 10.1. The van der Waals surface area contributed by atoms with Crippen molar-refractivity contribution in [2.24, 2.45) is 0 Å². The molecule has 3 aromatic carbocycles. The molecule has 0 aromatic heterocycles. The van der Waals surface area contributed by atoms with Crippen LogP contribution in [0.15, 0.2) is 65.1 Å². The molecule has 0 saturated heterocycles. The first-order valence-electron chi connectivity index (χ1n) is 9.30. The molecule has 0 bridgehead atoms. The number of aliphatic hydroxyl groups is 1. The molecule has 1 atom stereocenters. The van der Waals surface area contributed by atoms with Crippen molar-refractivity contribution < 1.29 is 14.7 Å². The summed E-state index contributed by atoms with van der Waals surface area (Å²) in [6.07, 6.45) is 0.476. The van der Waals surface area contributed by atoms with Crippen molar-refractivity contribution in [3.05, 3.63) is 76.3 Å². The Hall–Kier alpha value is -2.50. The van der Waals surface area contributed by atoms with Gasteiger partial charge in [-0.1, -0.05) is 59.3 Å². The van der Waals surface area contributed by atoms with E-state index in [9.17, 15) is 14.7 Å². The highest BCUT2D eigenvalue weighted by Gasteiger charge is 2.50. The predicted molar refractivity (Wildman–Crippen MR) is 114 cm³/mol. The van der Waals surface area contributed by atoms with Crippen LogP contribution in [0.3, 0.4) is 0 Å². The number of halogens is 1. The Kier molecular flexibility index (Phi) is 4.81. The van der Waals surface area contributed by atoms with Crippen molar-refractivity contribution in [3.63, 3.8) is 0 Å². The Morgan fingerprint density at radius 2 is 1.82 bits per heavy atom. The number of carbonyl (C=O) groups is 2. The van der Waals surface area contributed by atoms with Gasteiger partial charge in [0.2, 0.25) is 0 Å². The fraction of sp³-hybridized carbons (Fsp3) is 0.217. The molecule has 1 aliphatic rings. The standard InChI is InChI=1S/C23H20BrNO3/c1-2-11-25-20-10-9-18(24)13-19(20)23(28,22(25)27)14-21(26)17-8-7-15-5-3-4-6-16(15)12-17/h3-10,12-13,28H,2,11,14H2,1H3/t23-/m0/s1. The van der Waals surface area contributed by atoms with Crippen LogP contribution in [0.1, 0.15) is 35.7 Å². The summed E-state index contributed by atoms with van der Waals surface area (Å²) >= 11 is 3.41. The molecular formula is C23H20BrNO3. The van der Waals surface area contributed by atoms with Gasteiger partial charge in [0.15, 0.2) is 11.4 Å². The molecule has 4 rings (SSSR count). The number of anilines is 1. The minimum atomic E-state index is -1.85. The number of hydrogen-bond donors (Lipinski definition) is 1. The van der Waals surface area contributed by atoms with Crippen LogP contribution in [0.5, 0.6) is 0 Å². The molecule has 1 heterocycles. The normalized spacial score (nSPS) is 18.5. The lowest BCUT2D eigenvalue weighted by Crippen LogP contribution is -2.42. The van der Waals surface area contributed by atoms with Crippen LogP contribution in [0.4, 0.5) is 5.69 Å². The molecule has 5 heteroatoms. The molecule has 1 N–H and O–H groups in total. The molecule has 0 saturated carbocycles. The van der Waals surface area contributed by atoms with Crippen LogP contribution in [0.25, 0.3) is 10.8 Å². The van der Waals surface area contributed by atoms with Crippen LogP contribution in [-0.4, -0.2) is 23.3 Å². The molecule has 0 fully saturated rings. The first kappa shape index (κ1) is 18.8. The average molecular weight is 438 g/mol. The van der Waals surface area contributed by atoms with Crippen molar-refractivity contribution in [2.75, 3.05) is 11.4 Å². The largest absolute Gasteiger partial charge is 0.375 e. The number of benzene rings is 3. The zero-order valence-corrected chi connectivity index (χ0v) is 17.1. The smallest absolute Gasteiger partial charge is 0.264 e. The molecule has 0 unspecified atom stereocenters. The van der Waals surface area contributed by atoms with Gasteiger partial charge in [0.1, 0.15) is 0 Å². The summed E-state index contributed by atoms with van der Waals surface area (Å²) in [6.45, 7) is 2.48. The molecule has 4 nitrogen and oxygen atoms in total. The lowest BCUT2D eigenvalue weighted by molar-refractivity contribution is -0.135. The lowest BCUT2D eigenvalue weighted by atomic mass is 9.87. The highest BCUT2D eigenvalue weighted by molar-refractivity contribution is 9.10. The third kappa shape index (κ3) is 3.05. The predicted octanol–water partition coefficient (Wildman–Crippen LogP) is 4.82. The summed E-state index contributed by atoms with van der Waals surface area (Å²) in [7, 11) is 0. The van der Waals surface area contributed by atoms with Crippen LogP contribution < -0.4 is 4.90 Å². The number of amides is 1. The highest BCUT2D eigenvalue weighted by atomic mass is 79.9. The van der Waals surface area contributed by atoms with E-state index in [-0.39, 0.29) is 12.2 Å². The number of fused-ring (bicyclic) bond motifs is 2. The van der Waals surface area contributed by atoms with E-state index in [1.54, 1.807) is 17.0 Å². The maximum absolute atomic E-state index is 13.1. The molecular weight excluding hydrogens is 418 g/mol. The summed E-state index contributed by atoms with van der Waals surface area (Å²) in [6, 6.07) is 18.6. The number of carbonyl (C=O) groups excluding carboxylic acids is 2. The van der Waals surface area contributed by atoms with Gasteiger partial charge in [0.05, 0.1) is 12.1 Å². The second kappa shape index (κ2) is 7.15. The van der Waals surface area contributed by atoms with Crippen LogP contribution in [0.2, 0.25) is 0 Å². The Labute approximate surface area is 171 Å². The van der Waals surface area contributed by atoms with E-state index in [0.29, 0.717) is 23.4 Å². The van der Waals surface area contributed by atoms with Crippen molar-refractivity contribution >= 4 is 44.1 Å². The van der Waals surface area contributed by atoms with Gasteiger partial charge in [-0.15, -0.1) is 0 Å². The van der Waals surface area contributed by atoms with E-state index >= 15 is 0 Å². The van der Waals surface area contributed by atoms with E-state index < -0.39 is 11.5 Å².